The van der Waals surface area contributed by atoms with Crippen molar-refractivity contribution in [3.05, 3.63) is 59.7 Å². The minimum absolute atomic E-state index is 0.0659. The number of hydrogen-bond acceptors (Lipinski definition) is 4. The van der Waals surface area contributed by atoms with Crippen molar-refractivity contribution in [1.29, 1.82) is 0 Å². The van der Waals surface area contributed by atoms with E-state index in [1.165, 1.54) is 12.1 Å². The lowest BCUT2D eigenvalue weighted by Gasteiger charge is -2.27. The average Bonchev–Trinajstić information content (AvgIpc) is 2.64. The van der Waals surface area contributed by atoms with Gasteiger partial charge in [-0.25, -0.2) is 8.42 Å². The lowest BCUT2D eigenvalue weighted by atomic mass is 10.1. The lowest BCUT2D eigenvalue weighted by molar-refractivity contribution is 0.0303. The van der Waals surface area contributed by atoms with E-state index in [2.05, 4.69) is 4.72 Å². The predicted molar refractivity (Wildman–Crippen MR) is 95.2 cm³/mol. The number of anilines is 1. The highest BCUT2D eigenvalue weighted by atomic mass is 32.2. The van der Waals surface area contributed by atoms with Crippen LogP contribution in [-0.2, 0) is 14.8 Å². The van der Waals surface area contributed by atoms with Crippen molar-refractivity contribution >= 4 is 21.6 Å². The van der Waals surface area contributed by atoms with Gasteiger partial charge in [-0.1, -0.05) is 18.2 Å². The molecule has 1 fully saturated rings. The first-order chi connectivity index (χ1) is 12.0. The van der Waals surface area contributed by atoms with E-state index in [0.717, 1.165) is 0 Å². The van der Waals surface area contributed by atoms with E-state index in [1.54, 1.807) is 48.2 Å². The SMILES string of the molecule is Cc1cc(C(=O)N2CCOCC2)ccc1NS(=O)(=O)c1ccccc1. The number of carbonyl (C=O) groups excluding carboxylic acids is 1. The number of carbonyl (C=O) groups is 1. The van der Waals surface area contributed by atoms with Crippen LogP contribution in [0.5, 0.6) is 0 Å². The first-order valence-electron chi connectivity index (χ1n) is 8.03. The van der Waals surface area contributed by atoms with Gasteiger partial charge in [0.1, 0.15) is 0 Å². The zero-order chi connectivity index (χ0) is 17.9. The van der Waals surface area contributed by atoms with E-state index in [0.29, 0.717) is 43.1 Å². The number of benzene rings is 2. The molecule has 2 aromatic carbocycles. The van der Waals surface area contributed by atoms with Crippen LogP contribution in [0.15, 0.2) is 53.4 Å². The zero-order valence-corrected chi connectivity index (χ0v) is 14.8. The van der Waals surface area contributed by atoms with E-state index in [-0.39, 0.29) is 10.8 Å². The fourth-order valence-electron chi connectivity index (χ4n) is 2.66. The summed E-state index contributed by atoms with van der Waals surface area (Å²) in [5.41, 5.74) is 1.70. The van der Waals surface area contributed by atoms with Crippen LogP contribution < -0.4 is 4.72 Å². The molecule has 0 atom stereocenters. The Labute approximate surface area is 147 Å². The van der Waals surface area contributed by atoms with E-state index in [1.807, 2.05) is 0 Å². The molecular formula is C18H20N2O4S. The molecular weight excluding hydrogens is 340 g/mol. The highest BCUT2D eigenvalue weighted by Gasteiger charge is 2.20. The molecule has 1 aliphatic heterocycles. The number of nitrogens with one attached hydrogen (secondary N) is 1. The van der Waals surface area contributed by atoms with Crippen molar-refractivity contribution in [2.75, 3.05) is 31.0 Å². The summed E-state index contributed by atoms with van der Waals surface area (Å²) < 4.78 is 32.7. The van der Waals surface area contributed by atoms with Gasteiger partial charge in [-0.15, -0.1) is 0 Å². The molecule has 0 aliphatic carbocycles. The lowest BCUT2D eigenvalue weighted by Crippen LogP contribution is -2.40. The third kappa shape index (κ3) is 4.00. The Morgan fingerprint density at radius 1 is 1.08 bits per heavy atom. The molecule has 25 heavy (non-hydrogen) atoms. The normalized spacial score (nSPS) is 15.0. The van der Waals surface area contributed by atoms with Gasteiger partial charge in [0, 0.05) is 18.7 Å². The Hall–Kier alpha value is -2.38. The van der Waals surface area contributed by atoms with Crippen molar-refractivity contribution in [3.63, 3.8) is 0 Å². The standard InChI is InChI=1S/C18H20N2O4S/c1-14-13-15(18(21)20-9-11-24-12-10-20)7-8-17(14)19-25(22,23)16-5-3-2-4-6-16/h2-8,13,19H,9-12H2,1H3. The van der Waals surface area contributed by atoms with Crippen molar-refractivity contribution in [3.8, 4) is 0 Å². The fraction of sp³-hybridized carbons (Fsp3) is 0.278. The summed E-state index contributed by atoms with van der Waals surface area (Å²) in [6.07, 6.45) is 0. The molecule has 1 N–H and O–H groups in total. The number of sulfonamides is 1. The van der Waals surface area contributed by atoms with Gasteiger partial charge >= 0.3 is 0 Å². The van der Waals surface area contributed by atoms with Crippen LogP contribution in [0.4, 0.5) is 5.69 Å². The highest BCUT2D eigenvalue weighted by Crippen LogP contribution is 2.21. The molecule has 0 aromatic heterocycles. The smallest absolute Gasteiger partial charge is 0.261 e. The Bertz CT molecular complexity index is 860. The molecule has 1 heterocycles. The molecule has 1 saturated heterocycles. The quantitative estimate of drug-likeness (QED) is 0.907. The van der Waals surface area contributed by atoms with Gasteiger partial charge in [-0.05, 0) is 42.8 Å². The minimum Gasteiger partial charge on any atom is -0.378 e. The second-order valence-corrected chi connectivity index (χ2v) is 7.54. The highest BCUT2D eigenvalue weighted by molar-refractivity contribution is 7.92. The molecule has 7 heteroatoms. The molecule has 0 radical (unpaired) electrons. The minimum atomic E-state index is -3.65. The van der Waals surface area contributed by atoms with Crippen LogP contribution in [-0.4, -0.2) is 45.5 Å². The van der Waals surface area contributed by atoms with Crippen molar-refractivity contribution in [2.45, 2.75) is 11.8 Å². The molecule has 132 valence electrons. The van der Waals surface area contributed by atoms with Crippen molar-refractivity contribution < 1.29 is 17.9 Å². The maximum absolute atomic E-state index is 12.5. The van der Waals surface area contributed by atoms with Crippen molar-refractivity contribution in [1.82, 2.24) is 4.90 Å². The number of aryl methyl sites for hydroxylation is 1. The molecule has 1 aliphatic rings. The first-order valence-corrected chi connectivity index (χ1v) is 9.51. The average molecular weight is 360 g/mol. The van der Waals surface area contributed by atoms with E-state index in [4.69, 9.17) is 4.74 Å². The number of nitrogens with zero attached hydrogens (tertiary/aromatic N) is 1. The summed E-state index contributed by atoms with van der Waals surface area (Å²) in [6, 6.07) is 13.2. The number of morpholine rings is 1. The van der Waals surface area contributed by atoms with Gasteiger partial charge < -0.3 is 9.64 Å². The summed E-state index contributed by atoms with van der Waals surface area (Å²) >= 11 is 0. The predicted octanol–water partition coefficient (Wildman–Crippen LogP) is 2.27. The monoisotopic (exact) mass is 360 g/mol. The van der Waals surface area contributed by atoms with Crippen LogP contribution in [0, 0.1) is 6.92 Å². The van der Waals surface area contributed by atoms with Crippen molar-refractivity contribution in [2.24, 2.45) is 0 Å². The molecule has 3 rings (SSSR count). The summed E-state index contributed by atoms with van der Waals surface area (Å²) in [5, 5.41) is 0. The van der Waals surface area contributed by atoms with Crippen LogP contribution in [0.1, 0.15) is 15.9 Å². The van der Waals surface area contributed by atoms with E-state index in [9.17, 15) is 13.2 Å². The summed E-state index contributed by atoms with van der Waals surface area (Å²) in [7, 11) is -3.65. The van der Waals surface area contributed by atoms with Gasteiger partial charge in [0.2, 0.25) is 0 Å². The Balaban J connectivity index is 1.79. The largest absolute Gasteiger partial charge is 0.378 e. The van der Waals surface area contributed by atoms with E-state index < -0.39 is 10.0 Å². The van der Waals surface area contributed by atoms with Gasteiger partial charge in [-0.2, -0.15) is 0 Å². The molecule has 0 unspecified atom stereocenters. The van der Waals surface area contributed by atoms with Gasteiger partial charge in [-0.3, -0.25) is 9.52 Å². The maximum Gasteiger partial charge on any atom is 0.261 e. The number of hydrogen-bond donors (Lipinski definition) is 1. The van der Waals surface area contributed by atoms with Crippen LogP contribution in [0.3, 0.4) is 0 Å². The van der Waals surface area contributed by atoms with Gasteiger partial charge in [0.05, 0.1) is 23.8 Å². The third-order valence-electron chi connectivity index (χ3n) is 4.07. The number of ether oxygens (including phenoxy) is 1. The molecule has 0 spiro atoms. The Morgan fingerprint density at radius 2 is 1.76 bits per heavy atom. The number of rotatable bonds is 4. The first kappa shape index (κ1) is 17.4. The molecule has 2 aromatic rings. The zero-order valence-electron chi connectivity index (χ0n) is 13.9. The molecule has 6 nitrogen and oxygen atoms in total. The molecule has 0 saturated carbocycles. The second kappa shape index (κ2) is 7.25. The maximum atomic E-state index is 12.5. The van der Waals surface area contributed by atoms with Gasteiger partial charge in [0.15, 0.2) is 0 Å². The van der Waals surface area contributed by atoms with E-state index >= 15 is 0 Å². The number of amides is 1. The Kier molecular flexibility index (Phi) is 5.06. The van der Waals surface area contributed by atoms with Crippen LogP contribution in [0.25, 0.3) is 0 Å². The fourth-order valence-corrected chi connectivity index (χ4v) is 3.82. The van der Waals surface area contributed by atoms with Crippen LogP contribution in [0.2, 0.25) is 0 Å². The Morgan fingerprint density at radius 3 is 2.40 bits per heavy atom. The van der Waals surface area contributed by atoms with Crippen LogP contribution >= 0.6 is 0 Å². The van der Waals surface area contributed by atoms with Gasteiger partial charge in [0.25, 0.3) is 15.9 Å². The third-order valence-corrected chi connectivity index (χ3v) is 5.45. The summed E-state index contributed by atoms with van der Waals surface area (Å²) in [5.74, 6) is -0.0659. The second-order valence-electron chi connectivity index (χ2n) is 5.85. The topological polar surface area (TPSA) is 75.7 Å². The summed E-state index contributed by atoms with van der Waals surface area (Å²) in [4.78, 5) is 14.4. The molecule has 0 bridgehead atoms. The molecule has 1 amide bonds. The summed E-state index contributed by atoms with van der Waals surface area (Å²) in [6.45, 7) is 4.00.